The van der Waals surface area contributed by atoms with E-state index in [1.54, 1.807) is 24.3 Å². The highest BCUT2D eigenvalue weighted by Gasteiger charge is 2.18. The molecule has 28 heavy (non-hydrogen) atoms. The predicted molar refractivity (Wildman–Crippen MR) is 111 cm³/mol. The third-order valence-electron chi connectivity index (χ3n) is 4.93. The first kappa shape index (κ1) is 20.6. The van der Waals surface area contributed by atoms with Crippen LogP contribution in [0.1, 0.15) is 5.56 Å². The minimum atomic E-state index is -3.36. The quantitative estimate of drug-likeness (QED) is 0.674. The summed E-state index contributed by atoms with van der Waals surface area (Å²) in [5.41, 5.74) is 2.40. The van der Waals surface area contributed by atoms with E-state index in [1.807, 2.05) is 19.2 Å². The van der Waals surface area contributed by atoms with Crippen molar-refractivity contribution >= 4 is 15.5 Å². The number of hydrogen-bond donors (Lipinski definition) is 0. The van der Waals surface area contributed by atoms with Gasteiger partial charge in [-0.05, 0) is 36.9 Å². The summed E-state index contributed by atoms with van der Waals surface area (Å²) in [5, 5.41) is 0. The fourth-order valence-corrected chi connectivity index (χ4v) is 4.68. The van der Waals surface area contributed by atoms with Crippen molar-refractivity contribution in [3.05, 3.63) is 54.1 Å². The maximum absolute atomic E-state index is 12.7. The second kappa shape index (κ2) is 9.41. The van der Waals surface area contributed by atoms with Gasteiger partial charge in [-0.2, -0.15) is 0 Å². The van der Waals surface area contributed by atoms with Gasteiger partial charge in [0.1, 0.15) is 5.75 Å². The molecule has 6 nitrogen and oxygen atoms in total. The molecular weight excluding hydrogens is 376 g/mol. The van der Waals surface area contributed by atoms with Crippen LogP contribution in [0.4, 0.5) is 5.69 Å². The molecule has 1 aliphatic rings. The van der Waals surface area contributed by atoms with Crippen LogP contribution >= 0.6 is 0 Å². The number of para-hydroxylation sites is 1. The Morgan fingerprint density at radius 1 is 1.11 bits per heavy atom. The minimum Gasteiger partial charge on any atom is -0.497 e. The van der Waals surface area contributed by atoms with Crippen molar-refractivity contribution in [2.45, 2.75) is 11.4 Å². The van der Waals surface area contributed by atoms with E-state index in [4.69, 9.17) is 9.47 Å². The van der Waals surface area contributed by atoms with Crippen LogP contribution in [-0.4, -0.2) is 66.1 Å². The molecule has 2 aromatic carbocycles. The summed E-state index contributed by atoms with van der Waals surface area (Å²) in [6.45, 7) is 4.39. The Morgan fingerprint density at radius 3 is 2.61 bits per heavy atom. The lowest BCUT2D eigenvalue weighted by atomic mass is 10.1. The van der Waals surface area contributed by atoms with E-state index in [1.165, 1.54) is 18.4 Å². The average molecular weight is 405 g/mol. The van der Waals surface area contributed by atoms with Crippen LogP contribution in [0.2, 0.25) is 0 Å². The van der Waals surface area contributed by atoms with Gasteiger partial charge in [-0.25, -0.2) is 8.42 Å². The monoisotopic (exact) mass is 404 g/mol. The van der Waals surface area contributed by atoms with E-state index in [-0.39, 0.29) is 5.75 Å². The molecule has 0 N–H and O–H groups in total. The van der Waals surface area contributed by atoms with Gasteiger partial charge in [-0.3, -0.25) is 0 Å². The van der Waals surface area contributed by atoms with E-state index >= 15 is 0 Å². The molecule has 0 amide bonds. The Morgan fingerprint density at radius 2 is 1.86 bits per heavy atom. The van der Waals surface area contributed by atoms with Crippen LogP contribution in [-0.2, 0) is 21.1 Å². The first-order chi connectivity index (χ1) is 13.5. The van der Waals surface area contributed by atoms with Gasteiger partial charge in [0.15, 0.2) is 9.84 Å². The minimum absolute atomic E-state index is 0.0659. The second-order valence-electron chi connectivity index (χ2n) is 6.96. The van der Waals surface area contributed by atoms with E-state index in [9.17, 15) is 8.42 Å². The number of methoxy groups -OCH3 is 1. The molecule has 1 saturated heterocycles. The molecule has 7 heteroatoms. The number of anilines is 1. The molecular formula is C21H28N2O4S. The maximum Gasteiger partial charge on any atom is 0.179 e. The first-order valence-electron chi connectivity index (χ1n) is 9.45. The third-order valence-corrected chi connectivity index (χ3v) is 6.62. The maximum atomic E-state index is 12.7. The van der Waals surface area contributed by atoms with Crippen molar-refractivity contribution in [3.63, 3.8) is 0 Å². The smallest absolute Gasteiger partial charge is 0.179 e. The molecule has 1 aliphatic heterocycles. The summed E-state index contributed by atoms with van der Waals surface area (Å²) in [4.78, 5) is 4.69. The number of rotatable bonds is 8. The van der Waals surface area contributed by atoms with Gasteiger partial charge in [0.05, 0.1) is 31.0 Å². The standard InChI is InChI=1S/C21H28N2O4S/c1-22(12-15-28(24,25)20-8-5-7-19(16-20)26-2)17-18-6-3-4-9-21(18)23-10-13-27-14-11-23/h3-9,16H,10-15,17H2,1-2H3. The normalized spacial score (nSPS) is 15.0. The summed E-state index contributed by atoms with van der Waals surface area (Å²) in [5.74, 6) is 0.616. The van der Waals surface area contributed by atoms with Crippen LogP contribution in [0.3, 0.4) is 0 Å². The van der Waals surface area contributed by atoms with Crippen molar-refractivity contribution in [3.8, 4) is 5.75 Å². The lowest BCUT2D eigenvalue weighted by Crippen LogP contribution is -2.37. The van der Waals surface area contributed by atoms with Gasteiger partial charge in [0, 0.05) is 31.9 Å². The fraction of sp³-hybridized carbons (Fsp3) is 0.429. The molecule has 2 aromatic rings. The number of benzene rings is 2. The van der Waals surface area contributed by atoms with Gasteiger partial charge >= 0.3 is 0 Å². The Hall–Kier alpha value is -2.09. The van der Waals surface area contributed by atoms with Gasteiger partial charge in [0.2, 0.25) is 0 Å². The summed E-state index contributed by atoms with van der Waals surface area (Å²) in [6.07, 6.45) is 0. The van der Waals surface area contributed by atoms with Gasteiger partial charge in [-0.1, -0.05) is 24.3 Å². The fourth-order valence-electron chi connectivity index (χ4n) is 3.32. The van der Waals surface area contributed by atoms with Gasteiger partial charge < -0.3 is 19.3 Å². The second-order valence-corrected chi connectivity index (χ2v) is 9.07. The zero-order valence-corrected chi connectivity index (χ0v) is 17.3. The number of nitrogens with zero attached hydrogens (tertiary/aromatic N) is 2. The molecule has 0 radical (unpaired) electrons. The first-order valence-corrected chi connectivity index (χ1v) is 11.1. The van der Waals surface area contributed by atoms with Crippen LogP contribution in [0.5, 0.6) is 5.75 Å². The predicted octanol–water partition coefficient (Wildman–Crippen LogP) is 2.44. The average Bonchev–Trinajstić information content (AvgIpc) is 2.73. The molecule has 1 heterocycles. The third kappa shape index (κ3) is 5.25. The SMILES string of the molecule is COc1cccc(S(=O)(=O)CCN(C)Cc2ccccc2N2CCOCC2)c1. The molecule has 0 bridgehead atoms. The Kier molecular flexibility index (Phi) is 6.93. The van der Waals surface area contributed by atoms with Gasteiger partial charge in [0.25, 0.3) is 0 Å². The van der Waals surface area contributed by atoms with Crippen LogP contribution in [0, 0.1) is 0 Å². The highest BCUT2D eigenvalue weighted by Crippen LogP contribution is 2.23. The van der Waals surface area contributed by atoms with E-state index < -0.39 is 9.84 Å². The summed E-state index contributed by atoms with van der Waals surface area (Å²) < 4.78 is 35.9. The number of ether oxygens (including phenoxy) is 2. The van der Waals surface area contributed by atoms with Crippen molar-refractivity contribution in [1.29, 1.82) is 0 Å². The van der Waals surface area contributed by atoms with E-state index in [2.05, 4.69) is 21.9 Å². The number of morpholine rings is 1. The Balaban J connectivity index is 1.63. The zero-order chi connectivity index (χ0) is 20.0. The molecule has 0 aromatic heterocycles. The lowest BCUT2D eigenvalue weighted by molar-refractivity contribution is 0.122. The van der Waals surface area contributed by atoms with Crippen LogP contribution in [0.15, 0.2) is 53.4 Å². The Bertz CT molecular complexity index is 879. The number of hydrogen-bond acceptors (Lipinski definition) is 6. The Labute approximate surface area is 167 Å². The zero-order valence-electron chi connectivity index (χ0n) is 16.5. The molecule has 1 fully saturated rings. The summed E-state index contributed by atoms with van der Waals surface area (Å²) in [7, 11) is 0.129. The van der Waals surface area contributed by atoms with E-state index in [0.717, 1.165) is 26.3 Å². The lowest BCUT2D eigenvalue weighted by Gasteiger charge is -2.31. The van der Waals surface area contributed by atoms with Crippen molar-refractivity contribution in [2.75, 3.05) is 57.7 Å². The van der Waals surface area contributed by atoms with Crippen molar-refractivity contribution < 1.29 is 17.9 Å². The van der Waals surface area contributed by atoms with Crippen LogP contribution in [0.25, 0.3) is 0 Å². The molecule has 0 unspecified atom stereocenters. The van der Waals surface area contributed by atoms with Crippen molar-refractivity contribution in [1.82, 2.24) is 4.90 Å². The molecule has 0 aliphatic carbocycles. The number of sulfone groups is 1. The highest BCUT2D eigenvalue weighted by atomic mass is 32.2. The van der Waals surface area contributed by atoms with Gasteiger partial charge in [-0.15, -0.1) is 0 Å². The largest absolute Gasteiger partial charge is 0.497 e. The van der Waals surface area contributed by atoms with E-state index in [0.29, 0.717) is 23.7 Å². The summed E-state index contributed by atoms with van der Waals surface area (Å²) in [6, 6.07) is 14.9. The molecule has 0 saturated carbocycles. The molecule has 0 spiro atoms. The topological polar surface area (TPSA) is 59.1 Å². The molecule has 152 valence electrons. The highest BCUT2D eigenvalue weighted by molar-refractivity contribution is 7.91. The molecule has 0 atom stereocenters. The summed E-state index contributed by atoms with van der Waals surface area (Å²) >= 11 is 0. The molecule has 3 rings (SSSR count). The van der Waals surface area contributed by atoms with Crippen LogP contribution < -0.4 is 9.64 Å². The van der Waals surface area contributed by atoms with Crippen molar-refractivity contribution in [2.24, 2.45) is 0 Å².